The molecule has 1 atom stereocenters. The molecule has 0 saturated heterocycles. The number of rotatable bonds is 10. The van der Waals surface area contributed by atoms with E-state index in [4.69, 9.17) is 0 Å². The van der Waals surface area contributed by atoms with Crippen molar-refractivity contribution >= 4 is 0 Å². The third-order valence-corrected chi connectivity index (χ3v) is 3.15. The highest BCUT2D eigenvalue weighted by molar-refractivity contribution is 4.76. The van der Waals surface area contributed by atoms with Gasteiger partial charge in [0.25, 0.3) is 0 Å². The monoisotopic (exact) mass is 268 g/mol. The summed E-state index contributed by atoms with van der Waals surface area (Å²) in [6, 6.07) is 0. The fraction of sp³-hybridized carbons (Fsp3) is 1.00. The second-order valence-electron chi connectivity index (χ2n) is 5.51. The molecule has 110 valence electrons. The van der Waals surface area contributed by atoms with Crippen LogP contribution in [0.2, 0.25) is 0 Å². The van der Waals surface area contributed by atoms with Crippen molar-refractivity contribution in [3.63, 3.8) is 0 Å². The summed E-state index contributed by atoms with van der Waals surface area (Å²) in [7, 11) is 0. The molecule has 0 amide bonds. The van der Waals surface area contributed by atoms with Gasteiger partial charge in [0.05, 0.1) is 12.0 Å². The lowest BCUT2D eigenvalue weighted by Crippen LogP contribution is -2.31. The average molecular weight is 268 g/mol. The van der Waals surface area contributed by atoms with Gasteiger partial charge in [-0.3, -0.25) is 0 Å². The lowest BCUT2D eigenvalue weighted by molar-refractivity contribution is -0.173. The summed E-state index contributed by atoms with van der Waals surface area (Å²) in [5.74, 6) is 0. The summed E-state index contributed by atoms with van der Waals surface area (Å²) in [4.78, 5) is 0. The topological polar surface area (TPSA) is 20.2 Å². The minimum atomic E-state index is -4.27. The summed E-state index contributed by atoms with van der Waals surface area (Å²) in [5, 5.41) is 9.60. The molecule has 1 unspecified atom stereocenters. The van der Waals surface area contributed by atoms with Gasteiger partial charge in [0.2, 0.25) is 0 Å². The zero-order chi connectivity index (χ0) is 14.1. The first-order valence-corrected chi connectivity index (χ1v) is 7.06. The molecule has 0 radical (unpaired) electrons. The molecule has 0 bridgehead atoms. The van der Waals surface area contributed by atoms with Crippen LogP contribution < -0.4 is 0 Å². The maximum absolute atomic E-state index is 12.1. The van der Waals surface area contributed by atoms with Gasteiger partial charge in [-0.15, -0.1) is 0 Å². The van der Waals surface area contributed by atoms with Crippen LogP contribution in [0.25, 0.3) is 0 Å². The third-order valence-electron chi connectivity index (χ3n) is 3.15. The molecule has 0 aliphatic rings. The number of hydrogen-bond acceptors (Lipinski definition) is 1. The van der Waals surface area contributed by atoms with Crippen LogP contribution in [0.15, 0.2) is 0 Å². The van der Waals surface area contributed by atoms with E-state index in [9.17, 15) is 18.3 Å². The molecule has 18 heavy (non-hydrogen) atoms. The number of alkyl halides is 3. The highest BCUT2D eigenvalue weighted by atomic mass is 19.4. The van der Waals surface area contributed by atoms with E-state index in [0.717, 1.165) is 19.3 Å². The van der Waals surface area contributed by atoms with Crippen molar-refractivity contribution in [2.75, 3.05) is 0 Å². The van der Waals surface area contributed by atoms with Gasteiger partial charge in [-0.25, -0.2) is 0 Å². The van der Waals surface area contributed by atoms with Gasteiger partial charge in [0.1, 0.15) is 0 Å². The van der Waals surface area contributed by atoms with Crippen molar-refractivity contribution in [1.29, 1.82) is 0 Å². The zero-order valence-corrected chi connectivity index (χ0v) is 11.7. The van der Waals surface area contributed by atoms with Crippen molar-refractivity contribution in [1.82, 2.24) is 0 Å². The van der Waals surface area contributed by atoms with E-state index in [1.54, 1.807) is 0 Å². The Morgan fingerprint density at radius 1 is 0.833 bits per heavy atom. The largest absolute Gasteiger partial charge is 0.391 e. The van der Waals surface area contributed by atoms with Crippen LogP contribution in [-0.2, 0) is 0 Å². The molecule has 0 rings (SSSR count). The second kappa shape index (κ2) is 8.78. The van der Waals surface area contributed by atoms with Crippen molar-refractivity contribution in [2.24, 2.45) is 0 Å². The Kier molecular flexibility index (Phi) is 8.66. The Morgan fingerprint density at radius 2 is 1.28 bits per heavy atom. The number of aliphatic hydroxyl groups is 1. The van der Waals surface area contributed by atoms with Gasteiger partial charge in [0, 0.05) is 0 Å². The van der Waals surface area contributed by atoms with Crippen LogP contribution in [0.4, 0.5) is 13.2 Å². The molecular formula is C14H27F3O. The van der Waals surface area contributed by atoms with Gasteiger partial charge in [-0.2, -0.15) is 13.2 Å². The predicted molar refractivity (Wildman–Crippen MR) is 68.5 cm³/mol. The first-order chi connectivity index (χ1) is 8.27. The van der Waals surface area contributed by atoms with E-state index >= 15 is 0 Å². The van der Waals surface area contributed by atoms with Crippen LogP contribution in [0.1, 0.15) is 78.1 Å². The third kappa shape index (κ3) is 12.2. The smallest absolute Gasteiger partial charge is 0.390 e. The Bertz CT molecular complexity index is 200. The highest BCUT2D eigenvalue weighted by Gasteiger charge is 2.37. The van der Waals surface area contributed by atoms with Crippen molar-refractivity contribution in [2.45, 2.75) is 89.8 Å². The standard InChI is InChI=1S/C14H27F3O/c1-3-4-5-6-7-8-9-10-11-13(2,18)12-14(15,16)17/h18H,3-12H2,1-2H3. The molecule has 0 aromatic heterocycles. The van der Waals surface area contributed by atoms with E-state index in [1.165, 1.54) is 32.6 Å². The van der Waals surface area contributed by atoms with Crippen LogP contribution in [0.5, 0.6) is 0 Å². The normalized spacial score (nSPS) is 15.7. The average Bonchev–Trinajstić information content (AvgIpc) is 2.18. The summed E-state index contributed by atoms with van der Waals surface area (Å²) in [6.07, 6.45) is 3.63. The van der Waals surface area contributed by atoms with Crippen LogP contribution >= 0.6 is 0 Å². The lowest BCUT2D eigenvalue weighted by atomic mass is 9.94. The number of halogens is 3. The Labute approximate surface area is 109 Å². The summed E-state index contributed by atoms with van der Waals surface area (Å²) < 4.78 is 36.4. The Hall–Kier alpha value is -0.250. The van der Waals surface area contributed by atoms with E-state index in [0.29, 0.717) is 6.42 Å². The van der Waals surface area contributed by atoms with Gasteiger partial charge >= 0.3 is 6.18 Å². The highest BCUT2D eigenvalue weighted by Crippen LogP contribution is 2.30. The Balaban J connectivity index is 3.47. The molecule has 4 heteroatoms. The molecule has 0 aliphatic heterocycles. The molecule has 0 aromatic carbocycles. The lowest BCUT2D eigenvalue weighted by Gasteiger charge is -2.24. The Morgan fingerprint density at radius 3 is 1.72 bits per heavy atom. The summed E-state index contributed by atoms with van der Waals surface area (Å²) >= 11 is 0. The predicted octanol–water partition coefficient (Wildman–Crippen LogP) is 5.22. The summed E-state index contributed by atoms with van der Waals surface area (Å²) in [6.45, 7) is 3.45. The van der Waals surface area contributed by atoms with Crippen LogP contribution in [0, 0.1) is 0 Å². The minimum Gasteiger partial charge on any atom is -0.390 e. The first-order valence-electron chi connectivity index (χ1n) is 7.06. The molecule has 0 heterocycles. The van der Waals surface area contributed by atoms with E-state index < -0.39 is 18.2 Å². The summed E-state index contributed by atoms with van der Waals surface area (Å²) in [5.41, 5.74) is -1.60. The van der Waals surface area contributed by atoms with Gasteiger partial charge < -0.3 is 5.11 Å². The van der Waals surface area contributed by atoms with Crippen molar-refractivity contribution in [3.8, 4) is 0 Å². The molecule has 0 spiro atoms. The van der Waals surface area contributed by atoms with Crippen LogP contribution in [0.3, 0.4) is 0 Å². The minimum absolute atomic E-state index is 0.238. The SMILES string of the molecule is CCCCCCCCCCC(C)(O)CC(F)(F)F. The number of unbranched alkanes of at least 4 members (excludes halogenated alkanes) is 7. The van der Waals surface area contributed by atoms with Crippen LogP contribution in [-0.4, -0.2) is 16.9 Å². The van der Waals surface area contributed by atoms with E-state index in [2.05, 4.69) is 6.92 Å². The fourth-order valence-corrected chi connectivity index (χ4v) is 2.16. The van der Waals surface area contributed by atoms with Gasteiger partial charge in [0.15, 0.2) is 0 Å². The second-order valence-corrected chi connectivity index (χ2v) is 5.51. The molecule has 0 saturated carbocycles. The molecule has 0 aliphatic carbocycles. The van der Waals surface area contributed by atoms with Gasteiger partial charge in [-0.05, 0) is 13.3 Å². The van der Waals surface area contributed by atoms with E-state index in [-0.39, 0.29) is 6.42 Å². The molecular weight excluding hydrogens is 241 g/mol. The quantitative estimate of drug-likeness (QED) is 0.538. The number of hydrogen-bond donors (Lipinski definition) is 1. The van der Waals surface area contributed by atoms with Gasteiger partial charge in [-0.1, -0.05) is 58.3 Å². The maximum Gasteiger partial charge on any atom is 0.391 e. The molecule has 1 nitrogen and oxygen atoms in total. The first kappa shape index (κ1) is 17.8. The maximum atomic E-state index is 12.1. The van der Waals surface area contributed by atoms with E-state index in [1.807, 2.05) is 0 Å². The van der Waals surface area contributed by atoms with Crippen molar-refractivity contribution in [3.05, 3.63) is 0 Å². The molecule has 1 N–H and O–H groups in total. The molecule has 0 aromatic rings. The molecule has 0 fully saturated rings. The fourth-order valence-electron chi connectivity index (χ4n) is 2.16. The zero-order valence-electron chi connectivity index (χ0n) is 11.7. The van der Waals surface area contributed by atoms with Crippen molar-refractivity contribution < 1.29 is 18.3 Å².